The molecule has 1 aromatic heterocycles. The summed E-state index contributed by atoms with van der Waals surface area (Å²) >= 11 is 0. The van der Waals surface area contributed by atoms with Crippen molar-refractivity contribution in [2.75, 3.05) is 20.1 Å². The van der Waals surface area contributed by atoms with Gasteiger partial charge in [0.15, 0.2) is 11.6 Å². The van der Waals surface area contributed by atoms with Crippen LogP contribution in [0.5, 0.6) is 0 Å². The highest BCUT2D eigenvalue weighted by Gasteiger charge is 2.59. The molecule has 1 spiro atoms. The SMILES string of the molecule is Cc1nonc1CN(C)C(=O)C1CC12CCN(C(=O)C=Cc1cccc(F)c1F)CC2. The van der Waals surface area contributed by atoms with E-state index in [9.17, 15) is 18.4 Å². The molecule has 2 aliphatic rings. The van der Waals surface area contributed by atoms with Crippen LogP contribution in [0.15, 0.2) is 28.9 Å². The third kappa shape index (κ3) is 4.22. The Morgan fingerprint density at radius 1 is 1.29 bits per heavy atom. The second-order valence-corrected chi connectivity index (χ2v) is 8.41. The number of likely N-dealkylation sites (tertiary alicyclic amines) is 1. The fourth-order valence-corrected chi connectivity index (χ4v) is 4.30. The molecule has 164 valence electrons. The standard InChI is InChI=1S/C22H24F2N4O3/c1-14-18(26-31-25-14)13-27(2)21(30)16-12-22(16)8-10-28(11-9-22)19(29)7-6-15-4-3-5-17(23)20(15)24/h3-7,16H,8-13H2,1-2H3. The summed E-state index contributed by atoms with van der Waals surface area (Å²) < 4.78 is 31.7. The number of carbonyl (C=O) groups is 2. The van der Waals surface area contributed by atoms with Gasteiger partial charge in [0.2, 0.25) is 11.8 Å². The van der Waals surface area contributed by atoms with E-state index in [0.29, 0.717) is 31.0 Å². The molecule has 1 aliphatic carbocycles. The number of hydrogen-bond acceptors (Lipinski definition) is 5. The summed E-state index contributed by atoms with van der Waals surface area (Å²) in [5.74, 6) is -2.13. The van der Waals surface area contributed by atoms with Gasteiger partial charge in [-0.3, -0.25) is 9.59 Å². The van der Waals surface area contributed by atoms with Crippen LogP contribution in [0.1, 0.15) is 36.2 Å². The topological polar surface area (TPSA) is 79.5 Å². The van der Waals surface area contributed by atoms with Crippen molar-refractivity contribution in [2.45, 2.75) is 32.7 Å². The maximum Gasteiger partial charge on any atom is 0.246 e. The number of nitrogens with zero attached hydrogens (tertiary/aromatic N) is 4. The fraction of sp³-hybridized carbons (Fsp3) is 0.455. The monoisotopic (exact) mass is 430 g/mol. The van der Waals surface area contributed by atoms with Crippen molar-refractivity contribution in [1.82, 2.24) is 20.1 Å². The first-order chi connectivity index (χ1) is 14.8. The summed E-state index contributed by atoms with van der Waals surface area (Å²) in [6.45, 7) is 3.21. The van der Waals surface area contributed by atoms with Gasteiger partial charge in [-0.05, 0) is 43.7 Å². The van der Waals surface area contributed by atoms with Gasteiger partial charge in [0.1, 0.15) is 11.4 Å². The average molecular weight is 430 g/mol. The lowest BCUT2D eigenvalue weighted by atomic mass is 9.90. The van der Waals surface area contributed by atoms with Gasteiger partial charge < -0.3 is 9.80 Å². The lowest BCUT2D eigenvalue weighted by molar-refractivity contribution is -0.133. The van der Waals surface area contributed by atoms with Crippen molar-refractivity contribution in [3.05, 3.63) is 52.9 Å². The number of aromatic nitrogens is 2. The number of amides is 2. The lowest BCUT2D eigenvalue weighted by Gasteiger charge is -2.32. The molecule has 0 N–H and O–H groups in total. The van der Waals surface area contributed by atoms with Crippen molar-refractivity contribution < 1.29 is 23.0 Å². The van der Waals surface area contributed by atoms with Crippen molar-refractivity contribution in [3.8, 4) is 0 Å². The van der Waals surface area contributed by atoms with E-state index >= 15 is 0 Å². The highest BCUT2D eigenvalue weighted by molar-refractivity contribution is 5.92. The third-order valence-electron chi connectivity index (χ3n) is 6.46. The summed E-state index contributed by atoms with van der Waals surface area (Å²) in [6.07, 6.45) is 4.88. The number of rotatable bonds is 5. The largest absolute Gasteiger partial charge is 0.339 e. The zero-order chi connectivity index (χ0) is 22.2. The molecule has 1 unspecified atom stereocenters. The Labute approximate surface area is 178 Å². The summed E-state index contributed by atoms with van der Waals surface area (Å²) in [5.41, 5.74) is 1.29. The van der Waals surface area contributed by atoms with Crippen molar-refractivity contribution in [2.24, 2.45) is 11.3 Å². The molecule has 2 heterocycles. The highest BCUT2D eigenvalue weighted by Crippen LogP contribution is 2.60. The predicted octanol–water partition coefficient (Wildman–Crippen LogP) is 2.96. The van der Waals surface area contributed by atoms with Gasteiger partial charge in [-0.15, -0.1) is 0 Å². The van der Waals surface area contributed by atoms with E-state index in [-0.39, 0.29) is 28.7 Å². The Bertz CT molecular complexity index is 1030. The molecule has 2 amide bonds. The zero-order valence-corrected chi connectivity index (χ0v) is 17.5. The lowest BCUT2D eigenvalue weighted by Crippen LogP contribution is -2.40. The fourth-order valence-electron chi connectivity index (χ4n) is 4.30. The molecule has 2 fully saturated rings. The van der Waals surface area contributed by atoms with Crippen LogP contribution in [0.3, 0.4) is 0 Å². The Morgan fingerprint density at radius 2 is 2.03 bits per heavy atom. The van der Waals surface area contributed by atoms with E-state index in [1.54, 1.807) is 23.8 Å². The van der Waals surface area contributed by atoms with E-state index in [1.807, 2.05) is 0 Å². The minimum atomic E-state index is -0.968. The zero-order valence-electron chi connectivity index (χ0n) is 17.5. The smallest absolute Gasteiger partial charge is 0.246 e. The Hall–Kier alpha value is -3.10. The highest BCUT2D eigenvalue weighted by atomic mass is 19.2. The Kier molecular flexibility index (Phi) is 5.60. The first kappa shape index (κ1) is 21.1. The molecule has 1 aliphatic heterocycles. The molecule has 0 radical (unpaired) electrons. The van der Waals surface area contributed by atoms with Gasteiger partial charge in [0, 0.05) is 37.7 Å². The molecule has 1 atom stereocenters. The number of aryl methyl sites for hydroxylation is 1. The van der Waals surface area contributed by atoms with Crippen LogP contribution in [0.4, 0.5) is 8.78 Å². The van der Waals surface area contributed by atoms with Crippen LogP contribution < -0.4 is 0 Å². The molecule has 7 nitrogen and oxygen atoms in total. The van der Waals surface area contributed by atoms with Crippen molar-refractivity contribution >= 4 is 17.9 Å². The quantitative estimate of drug-likeness (QED) is 0.682. The maximum atomic E-state index is 13.7. The number of carbonyl (C=O) groups excluding carboxylic acids is 2. The molecule has 1 saturated carbocycles. The molecular formula is C22H24F2N4O3. The summed E-state index contributed by atoms with van der Waals surface area (Å²) in [6, 6.07) is 3.85. The van der Waals surface area contributed by atoms with Gasteiger partial charge in [-0.25, -0.2) is 13.4 Å². The number of hydrogen-bond donors (Lipinski definition) is 0. The second kappa shape index (κ2) is 8.20. The van der Waals surface area contributed by atoms with Crippen LogP contribution >= 0.6 is 0 Å². The third-order valence-corrected chi connectivity index (χ3v) is 6.46. The average Bonchev–Trinajstić information content (AvgIpc) is 3.30. The first-order valence-electron chi connectivity index (χ1n) is 10.2. The number of benzene rings is 1. The molecule has 1 aromatic carbocycles. The molecule has 2 aromatic rings. The van der Waals surface area contributed by atoms with Gasteiger partial charge in [-0.1, -0.05) is 22.4 Å². The normalized spacial score (nSPS) is 19.7. The van der Waals surface area contributed by atoms with E-state index in [1.165, 1.54) is 24.3 Å². The van der Waals surface area contributed by atoms with Gasteiger partial charge in [0.05, 0.1) is 6.54 Å². The molecular weight excluding hydrogens is 406 g/mol. The Balaban J connectivity index is 1.30. The number of piperidine rings is 1. The Morgan fingerprint density at radius 3 is 2.71 bits per heavy atom. The molecule has 31 heavy (non-hydrogen) atoms. The van der Waals surface area contributed by atoms with Crippen LogP contribution in [0, 0.1) is 29.9 Å². The first-order valence-corrected chi connectivity index (χ1v) is 10.2. The van der Waals surface area contributed by atoms with Crippen LogP contribution in [0.25, 0.3) is 6.08 Å². The summed E-state index contributed by atoms with van der Waals surface area (Å²) in [4.78, 5) is 28.6. The van der Waals surface area contributed by atoms with Crippen LogP contribution in [-0.2, 0) is 16.1 Å². The van der Waals surface area contributed by atoms with E-state index < -0.39 is 11.6 Å². The predicted molar refractivity (Wildman–Crippen MR) is 107 cm³/mol. The van der Waals surface area contributed by atoms with Crippen LogP contribution in [0.2, 0.25) is 0 Å². The molecule has 4 rings (SSSR count). The number of halogens is 2. The van der Waals surface area contributed by atoms with Gasteiger partial charge >= 0.3 is 0 Å². The van der Waals surface area contributed by atoms with Gasteiger partial charge in [-0.2, -0.15) is 0 Å². The van der Waals surface area contributed by atoms with E-state index in [2.05, 4.69) is 14.9 Å². The van der Waals surface area contributed by atoms with Crippen LogP contribution in [-0.4, -0.2) is 52.1 Å². The minimum absolute atomic E-state index is 0.0373. The summed E-state index contributed by atoms with van der Waals surface area (Å²) in [5, 5.41) is 7.56. The van der Waals surface area contributed by atoms with E-state index in [0.717, 1.165) is 25.3 Å². The minimum Gasteiger partial charge on any atom is -0.339 e. The maximum absolute atomic E-state index is 13.7. The van der Waals surface area contributed by atoms with Gasteiger partial charge in [0.25, 0.3) is 0 Å². The second-order valence-electron chi connectivity index (χ2n) is 8.41. The molecule has 0 bridgehead atoms. The van der Waals surface area contributed by atoms with Crippen molar-refractivity contribution in [3.63, 3.8) is 0 Å². The molecule has 1 saturated heterocycles. The summed E-state index contributed by atoms with van der Waals surface area (Å²) in [7, 11) is 1.75. The van der Waals surface area contributed by atoms with Crippen molar-refractivity contribution in [1.29, 1.82) is 0 Å². The molecule has 9 heteroatoms. The van der Waals surface area contributed by atoms with E-state index in [4.69, 9.17) is 0 Å².